The Bertz CT molecular complexity index is 834. The fraction of sp³-hybridized carbons (Fsp3) is 0.158. The molecule has 0 aliphatic rings. The van der Waals surface area contributed by atoms with Gasteiger partial charge in [0, 0.05) is 23.3 Å². The lowest BCUT2D eigenvalue weighted by atomic mass is 10.2. The Balaban J connectivity index is 1.77. The summed E-state index contributed by atoms with van der Waals surface area (Å²) in [5.41, 5.74) is 3.25. The SMILES string of the molecule is Cc1nc(NCc2ccccc2)cc(Nc2cc(Cl)ccc2C)n1. The minimum Gasteiger partial charge on any atom is -0.366 e. The van der Waals surface area contributed by atoms with Gasteiger partial charge in [0.05, 0.1) is 0 Å². The first-order valence-electron chi connectivity index (χ1n) is 7.77. The average Bonchev–Trinajstić information content (AvgIpc) is 2.57. The topological polar surface area (TPSA) is 49.8 Å². The van der Waals surface area contributed by atoms with E-state index in [0.717, 1.165) is 22.9 Å². The van der Waals surface area contributed by atoms with E-state index in [2.05, 4.69) is 32.7 Å². The van der Waals surface area contributed by atoms with Crippen LogP contribution in [0.15, 0.2) is 54.6 Å². The van der Waals surface area contributed by atoms with E-state index in [1.807, 2.05) is 56.3 Å². The van der Waals surface area contributed by atoms with Crippen molar-refractivity contribution in [1.29, 1.82) is 0 Å². The highest BCUT2D eigenvalue weighted by molar-refractivity contribution is 6.30. The predicted molar refractivity (Wildman–Crippen MR) is 100 cm³/mol. The monoisotopic (exact) mass is 338 g/mol. The molecule has 2 aromatic carbocycles. The van der Waals surface area contributed by atoms with Crippen LogP contribution >= 0.6 is 11.6 Å². The summed E-state index contributed by atoms with van der Waals surface area (Å²) in [4.78, 5) is 8.89. The van der Waals surface area contributed by atoms with Gasteiger partial charge in [-0.2, -0.15) is 0 Å². The van der Waals surface area contributed by atoms with Gasteiger partial charge in [0.1, 0.15) is 17.5 Å². The molecule has 122 valence electrons. The van der Waals surface area contributed by atoms with E-state index in [1.54, 1.807) is 0 Å². The lowest BCUT2D eigenvalue weighted by Crippen LogP contribution is -2.05. The van der Waals surface area contributed by atoms with Crippen LogP contribution in [0.25, 0.3) is 0 Å². The van der Waals surface area contributed by atoms with Gasteiger partial charge in [0.15, 0.2) is 0 Å². The number of nitrogens with zero attached hydrogens (tertiary/aromatic N) is 2. The van der Waals surface area contributed by atoms with Crippen molar-refractivity contribution >= 4 is 28.9 Å². The summed E-state index contributed by atoms with van der Waals surface area (Å²) >= 11 is 6.08. The Morgan fingerprint density at radius 1 is 0.917 bits per heavy atom. The van der Waals surface area contributed by atoms with Crippen molar-refractivity contribution in [1.82, 2.24) is 9.97 Å². The molecule has 0 bridgehead atoms. The molecule has 0 radical (unpaired) electrons. The predicted octanol–water partition coefficient (Wildman–Crippen LogP) is 5.10. The maximum atomic E-state index is 6.08. The van der Waals surface area contributed by atoms with Crippen LogP contribution in [0.4, 0.5) is 17.3 Å². The third kappa shape index (κ3) is 4.24. The van der Waals surface area contributed by atoms with E-state index in [-0.39, 0.29) is 0 Å². The fourth-order valence-electron chi connectivity index (χ4n) is 2.38. The van der Waals surface area contributed by atoms with Gasteiger partial charge in [-0.05, 0) is 37.1 Å². The second-order valence-electron chi connectivity index (χ2n) is 5.61. The molecule has 0 amide bonds. The van der Waals surface area contributed by atoms with Crippen molar-refractivity contribution in [3.8, 4) is 0 Å². The van der Waals surface area contributed by atoms with Gasteiger partial charge < -0.3 is 10.6 Å². The molecule has 0 unspecified atom stereocenters. The normalized spacial score (nSPS) is 10.5. The molecule has 4 nitrogen and oxygen atoms in total. The highest BCUT2D eigenvalue weighted by Gasteiger charge is 2.05. The van der Waals surface area contributed by atoms with Crippen molar-refractivity contribution in [2.24, 2.45) is 0 Å². The minimum absolute atomic E-state index is 0.691. The van der Waals surface area contributed by atoms with Crippen molar-refractivity contribution in [2.75, 3.05) is 10.6 Å². The van der Waals surface area contributed by atoms with Gasteiger partial charge in [0.25, 0.3) is 0 Å². The summed E-state index contributed by atoms with van der Waals surface area (Å²) in [6.45, 7) is 4.62. The Morgan fingerprint density at radius 3 is 2.46 bits per heavy atom. The molecule has 1 heterocycles. The van der Waals surface area contributed by atoms with Crippen molar-refractivity contribution < 1.29 is 0 Å². The highest BCUT2D eigenvalue weighted by atomic mass is 35.5. The molecular weight excluding hydrogens is 320 g/mol. The third-order valence-corrected chi connectivity index (χ3v) is 3.85. The summed E-state index contributed by atoms with van der Waals surface area (Å²) in [7, 11) is 0. The smallest absolute Gasteiger partial charge is 0.136 e. The molecule has 0 aliphatic carbocycles. The fourth-order valence-corrected chi connectivity index (χ4v) is 2.55. The van der Waals surface area contributed by atoms with Crippen LogP contribution in [0.1, 0.15) is 17.0 Å². The molecule has 0 spiro atoms. The van der Waals surface area contributed by atoms with Crippen LogP contribution in [-0.2, 0) is 6.54 Å². The van der Waals surface area contributed by atoms with Gasteiger partial charge in [-0.25, -0.2) is 9.97 Å². The Kier molecular flexibility index (Phi) is 4.96. The summed E-state index contributed by atoms with van der Waals surface area (Å²) in [5, 5.41) is 7.34. The number of hydrogen-bond acceptors (Lipinski definition) is 4. The lowest BCUT2D eigenvalue weighted by molar-refractivity contribution is 1.02. The minimum atomic E-state index is 0.691. The van der Waals surface area contributed by atoms with Crippen molar-refractivity contribution in [3.63, 3.8) is 0 Å². The number of aromatic nitrogens is 2. The number of aryl methyl sites for hydroxylation is 2. The second-order valence-corrected chi connectivity index (χ2v) is 6.05. The zero-order valence-electron chi connectivity index (χ0n) is 13.7. The molecule has 0 aliphatic heterocycles. The molecular formula is C19H19ClN4. The first kappa shape index (κ1) is 16.3. The van der Waals surface area contributed by atoms with Gasteiger partial charge in [-0.15, -0.1) is 0 Å². The first-order chi connectivity index (χ1) is 11.6. The van der Waals surface area contributed by atoms with Crippen LogP contribution in [0.3, 0.4) is 0 Å². The highest BCUT2D eigenvalue weighted by Crippen LogP contribution is 2.24. The molecule has 0 saturated carbocycles. The number of halogens is 1. The third-order valence-electron chi connectivity index (χ3n) is 3.62. The van der Waals surface area contributed by atoms with Crippen LogP contribution in [0.2, 0.25) is 5.02 Å². The number of rotatable bonds is 5. The summed E-state index contributed by atoms with van der Waals surface area (Å²) < 4.78 is 0. The van der Waals surface area contributed by atoms with Gasteiger partial charge >= 0.3 is 0 Å². The summed E-state index contributed by atoms with van der Waals surface area (Å²) in [6, 6.07) is 17.9. The van der Waals surface area contributed by atoms with E-state index in [0.29, 0.717) is 17.4 Å². The molecule has 3 aromatic rings. The standard InChI is InChI=1S/C19H19ClN4/c1-13-8-9-16(20)10-17(13)24-19-11-18(22-14(2)23-19)21-12-15-6-4-3-5-7-15/h3-11H,12H2,1-2H3,(H2,21,22,23,24). The average molecular weight is 339 g/mol. The van der Waals surface area contributed by atoms with Crippen molar-refractivity contribution in [3.05, 3.63) is 76.6 Å². The molecule has 24 heavy (non-hydrogen) atoms. The Morgan fingerprint density at radius 2 is 1.67 bits per heavy atom. The molecule has 2 N–H and O–H groups in total. The molecule has 5 heteroatoms. The number of nitrogens with one attached hydrogen (secondary N) is 2. The largest absolute Gasteiger partial charge is 0.366 e. The zero-order chi connectivity index (χ0) is 16.9. The Hall–Kier alpha value is -2.59. The van der Waals surface area contributed by atoms with Crippen LogP contribution in [0, 0.1) is 13.8 Å². The Labute approximate surface area is 146 Å². The molecule has 0 fully saturated rings. The molecule has 0 saturated heterocycles. The zero-order valence-corrected chi connectivity index (χ0v) is 14.4. The van der Waals surface area contributed by atoms with E-state index < -0.39 is 0 Å². The van der Waals surface area contributed by atoms with Crippen LogP contribution in [0.5, 0.6) is 0 Å². The summed E-state index contributed by atoms with van der Waals surface area (Å²) in [6.07, 6.45) is 0. The number of anilines is 3. The van der Waals surface area contributed by atoms with E-state index in [1.165, 1.54) is 5.56 Å². The van der Waals surface area contributed by atoms with Gasteiger partial charge in [-0.1, -0.05) is 48.0 Å². The second kappa shape index (κ2) is 7.32. The van der Waals surface area contributed by atoms with Crippen LogP contribution < -0.4 is 10.6 Å². The van der Waals surface area contributed by atoms with E-state index >= 15 is 0 Å². The quantitative estimate of drug-likeness (QED) is 0.679. The maximum Gasteiger partial charge on any atom is 0.136 e. The van der Waals surface area contributed by atoms with E-state index in [4.69, 9.17) is 11.6 Å². The molecule has 1 aromatic heterocycles. The van der Waals surface area contributed by atoms with Crippen LogP contribution in [-0.4, -0.2) is 9.97 Å². The molecule has 0 atom stereocenters. The summed E-state index contributed by atoms with van der Waals surface area (Å²) in [5.74, 6) is 2.23. The number of benzene rings is 2. The van der Waals surface area contributed by atoms with E-state index in [9.17, 15) is 0 Å². The lowest BCUT2D eigenvalue weighted by Gasteiger charge is -2.12. The number of hydrogen-bond donors (Lipinski definition) is 2. The molecule has 3 rings (SSSR count). The van der Waals surface area contributed by atoms with Crippen molar-refractivity contribution in [2.45, 2.75) is 20.4 Å². The first-order valence-corrected chi connectivity index (χ1v) is 8.14. The maximum absolute atomic E-state index is 6.08. The van der Waals surface area contributed by atoms with Gasteiger partial charge in [-0.3, -0.25) is 0 Å². The van der Waals surface area contributed by atoms with Gasteiger partial charge in [0.2, 0.25) is 0 Å².